The van der Waals surface area contributed by atoms with Crippen molar-refractivity contribution in [2.45, 2.75) is 6.61 Å². The van der Waals surface area contributed by atoms with Gasteiger partial charge in [0.15, 0.2) is 16.9 Å². The van der Waals surface area contributed by atoms with Gasteiger partial charge in [0.1, 0.15) is 46.3 Å². The van der Waals surface area contributed by atoms with Gasteiger partial charge in [0, 0.05) is 34.3 Å². The van der Waals surface area contributed by atoms with Gasteiger partial charge in [0.05, 0.1) is 14.2 Å². The first-order valence-electron chi connectivity index (χ1n) is 12.3. The number of hydrogen-bond acceptors (Lipinski definition) is 7. The summed E-state index contributed by atoms with van der Waals surface area (Å²) in [5, 5.41) is 10.7. The van der Waals surface area contributed by atoms with Crippen LogP contribution in [0.15, 0.2) is 105 Å². The zero-order chi connectivity index (χ0) is 28.1. The van der Waals surface area contributed by atoms with Crippen LogP contribution in [0.1, 0.15) is 11.1 Å². The fraction of sp³-hybridized carbons (Fsp3) is 0.0938. The maximum atomic E-state index is 13.0. The van der Waals surface area contributed by atoms with E-state index in [9.17, 15) is 9.90 Å². The Kier molecular flexibility index (Phi) is 8.07. The molecule has 7 nitrogen and oxygen atoms in total. The first kappa shape index (κ1) is 26.9. The molecule has 0 bridgehead atoms. The topological polar surface area (TPSA) is 87.4 Å². The van der Waals surface area contributed by atoms with E-state index in [1.165, 1.54) is 12.1 Å². The standard InChI is InChI=1S/C32H25BrO7/c1-36-23-11-8-21(9-12-23)31(18-33)39-24-15-25(34)32-26(35)17-28(40-30(32)16-24)22-10-13-27(29(14-22)37-2)38-19-20-6-4-3-5-7-20/h3-18,34H,19H2,1-2H3/b31-18-. The Morgan fingerprint density at radius 1 is 0.875 bits per heavy atom. The van der Waals surface area contributed by atoms with Gasteiger partial charge in [-0.25, -0.2) is 0 Å². The summed E-state index contributed by atoms with van der Waals surface area (Å²) in [4.78, 5) is 14.6. The van der Waals surface area contributed by atoms with Crippen LogP contribution in [-0.2, 0) is 6.61 Å². The number of phenolic OH excluding ortho intramolecular Hbond substituents is 1. The van der Waals surface area contributed by atoms with E-state index < -0.39 is 5.43 Å². The number of phenols is 1. The molecule has 4 aromatic carbocycles. The van der Waals surface area contributed by atoms with Crippen molar-refractivity contribution in [3.63, 3.8) is 0 Å². The summed E-state index contributed by atoms with van der Waals surface area (Å²) in [5.74, 6) is 2.57. The Hall–Kier alpha value is -4.69. The van der Waals surface area contributed by atoms with Crippen molar-refractivity contribution in [2.24, 2.45) is 0 Å². The van der Waals surface area contributed by atoms with E-state index >= 15 is 0 Å². The highest BCUT2D eigenvalue weighted by Crippen LogP contribution is 2.36. The van der Waals surface area contributed by atoms with Gasteiger partial charge in [-0.05, 0) is 48.0 Å². The van der Waals surface area contributed by atoms with Gasteiger partial charge in [0.2, 0.25) is 0 Å². The summed E-state index contributed by atoms with van der Waals surface area (Å²) < 4.78 is 28.8. The van der Waals surface area contributed by atoms with Crippen molar-refractivity contribution < 1.29 is 28.5 Å². The van der Waals surface area contributed by atoms with Crippen LogP contribution in [0.2, 0.25) is 0 Å². The highest BCUT2D eigenvalue weighted by molar-refractivity contribution is 9.11. The Morgan fingerprint density at radius 2 is 1.65 bits per heavy atom. The van der Waals surface area contributed by atoms with Crippen molar-refractivity contribution >= 4 is 32.7 Å². The van der Waals surface area contributed by atoms with Gasteiger partial charge in [-0.1, -0.05) is 46.3 Å². The molecule has 0 atom stereocenters. The van der Waals surface area contributed by atoms with Crippen LogP contribution in [0.25, 0.3) is 28.1 Å². The molecule has 0 aliphatic heterocycles. The third kappa shape index (κ3) is 5.82. The van der Waals surface area contributed by atoms with Crippen LogP contribution in [-0.4, -0.2) is 19.3 Å². The molecule has 0 amide bonds. The molecule has 40 heavy (non-hydrogen) atoms. The minimum atomic E-state index is -0.393. The lowest BCUT2D eigenvalue weighted by Crippen LogP contribution is -2.02. The number of halogens is 1. The van der Waals surface area contributed by atoms with Crippen LogP contribution < -0.4 is 24.4 Å². The number of ether oxygens (including phenoxy) is 4. The number of hydrogen-bond donors (Lipinski definition) is 1. The highest BCUT2D eigenvalue weighted by atomic mass is 79.9. The fourth-order valence-electron chi connectivity index (χ4n) is 4.15. The zero-order valence-electron chi connectivity index (χ0n) is 21.7. The van der Waals surface area contributed by atoms with E-state index in [0.29, 0.717) is 40.9 Å². The number of aromatic hydroxyl groups is 1. The van der Waals surface area contributed by atoms with Crippen LogP contribution >= 0.6 is 15.9 Å². The van der Waals surface area contributed by atoms with Gasteiger partial charge >= 0.3 is 0 Å². The van der Waals surface area contributed by atoms with Crippen molar-refractivity contribution in [3.05, 3.63) is 117 Å². The molecule has 0 aliphatic rings. The van der Waals surface area contributed by atoms with Gasteiger partial charge in [-0.15, -0.1) is 0 Å². The normalized spacial score (nSPS) is 11.3. The number of methoxy groups -OCH3 is 2. The second kappa shape index (κ2) is 12.0. The second-order valence-corrected chi connectivity index (χ2v) is 9.19. The minimum absolute atomic E-state index is 0.0553. The zero-order valence-corrected chi connectivity index (χ0v) is 23.3. The Labute approximate surface area is 239 Å². The van der Waals surface area contributed by atoms with Crippen molar-refractivity contribution in [3.8, 4) is 40.1 Å². The van der Waals surface area contributed by atoms with Crippen LogP contribution in [0, 0.1) is 0 Å². The molecule has 0 saturated carbocycles. The molecule has 5 rings (SSSR count). The van der Waals surface area contributed by atoms with Crippen LogP contribution in [0.5, 0.6) is 28.7 Å². The molecule has 202 valence electrons. The van der Waals surface area contributed by atoms with Gasteiger partial charge in [-0.3, -0.25) is 4.79 Å². The minimum Gasteiger partial charge on any atom is -0.507 e. The van der Waals surface area contributed by atoms with Gasteiger partial charge in [-0.2, -0.15) is 0 Å². The smallest absolute Gasteiger partial charge is 0.197 e. The van der Waals surface area contributed by atoms with E-state index in [4.69, 9.17) is 23.4 Å². The molecule has 0 unspecified atom stereocenters. The molecular weight excluding hydrogens is 576 g/mol. The lowest BCUT2D eigenvalue weighted by atomic mass is 10.1. The largest absolute Gasteiger partial charge is 0.507 e. The molecule has 1 aromatic heterocycles. The first-order chi connectivity index (χ1) is 19.5. The van der Waals surface area contributed by atoms with E-state index in [0.717, 1.165) is 11.1 Å². The molecule has 0 fully saturated rings. The maximum Gasteiger partial charge on any atom is 0.197 e. The van der Waals surface area contributed by atoms with Gasteiger partial charge in [0.25, 0.3) is 0 Å². The predicted molar refractivity (Wildman–Crippen MR) is 157 cm³/mol. The third-order valence-electron chi connectivity index (χ3n) is 6.17. The van der Waals surface area contributed by atoms with E-state index in [2.05, 4.69) is 15.9 Å². The maximum absolute atomic E-state index is 13.0. The van der Waals surface area contributed by atoms with E-state index in [-0.39, 0.29) is 22.5 Å². The number of fused-ring (bicyclic) bond motifs is 1. The Balaban J connectivity index is 1.45. The highest BCUT2D eigenvalue weighted by Gasteiger charge is 2.16. The summed E-state index contributed by atoms with van der Waals surface area (Å²) in [7, 11) is 3.14. The third-order valence-corrected chi connectivity index (χ3v) is 6.59. The monoisotopic (exact) mass is 600 g/mol. The molecule has 0 spiro atoms. The molecule has 0 saturated heterocycles. The number of rotatable bonds is 9. The SMILES string of the molecule is COc1ccc(/C(=C/Br)Oc2cc(O)c3c(=O)cc(-c4ccc(OCc5ccccc5)c(OC)c4)oc3c2)cc1. The summed E-state index contributed by atoms with van der Waals surface area (Å²) in [6.07, 6.45) is 0. The molecule has 0 radical (unpaired) electrons. The van der Waals surface area contributed by atoms with Crippen LogP contribution in [0.3, 0.4) is 0 Å². The predicted octanol–water partition coefficient (Wildman–Crippen LogP) is 7.53. The van der Waals surface area contributed by atoms with E-state index in [1.54, 1.807) is 43.5 Å². The van der Waals surface area contributed by atoms with Crippen molar-refractivity contribution in [1.29, 1.82) is 0 Å². The second-order valence-electron chi connectivity index (χ2n) is 8.73. The fourth-order valence-corrected chi connectivity index (χ4v) is 4.50. The van der Waals surface area contributed by atoms with Crippen molar-refractivity contribution in [1.82, 2.24) is 0 Å². The molecule has 1 N–H and O–H groups in total. The van der Waals surface area contributed by atoms with Gasteiger partial charge < -0.3 is 28.5 Å². The molecule has 1 heterocycles. The average Bonchev–Trinajstić information content (AvgIpc) is 2.99. The summed E-state index contributed by atoms with van der Waals surface area (Å²) in [5.41, 5.74) is 2.18. The van der Waals surface area contributed by atoms with Crippen molar-refractivity contribution in [2.75, 3.05) is 14.2 Å². The lowest BCUT2D eigenvalue weighted by Gasteiger charge is -2.13. The van der Waals surface area contributed by atoms with Crippen LogP contribution in [0.4, 0.5) is 0 Å². The Morgan fingerprint density at radius 3 is 2.35 bits per heavy atom. The molecule has 5 aromatic rings. The quantitative estimate of drug-likeness (QED) is 0.175. The van der Waals surface area contributed by atoms with E-state index in [1.807, 2.05) is 54.6 Å². The number of benzene rings is 4. The average molecular weight is 601 g/mol. The Bertz CT molecular complexity index is 1730. The summed E-state index contributed by atoms with van der Waals surface area (Å²) in [6, 6.07) is 26.7. The summed E-state index contributed by atoms with van der Waals surface area (Å²) >= 11 is 3.34. The molecular formula is C32H25BrO7. The summed E-state index contributed by atoms with van der Waals surface area (Å²) in [6.45, 7) is 0.380. The lowest BCUT2D eigenvalue weighted by molar-refractivity contribution is 0.284. The molecule has 0 aliphatic carbocycles. The first-order valence-corrected chi connectivity index (χ1v) is 13.2. The molecule has 8 heteroatoms.